The molecule has 1 heterocycles. The number of nitrogens with one attached hydrogen (secondary N) is 1. The van der Waals surface area contributed by atoms with E-state index in [-0.39, 0.29) is 0 Å². The minimum absolute atomic E-state index is 0.605. The second-order valence-corrected chi connectivity index (χ2v) is 7.25. The Morgan fingerprint density at radius 2 is 1.83 bits per heavy atom. The predicted octanol–water partition coefficient (Wildman–Crippen LogP) is 4.88. The topological polar surface area (TPSA) is 21.3 Å². The Balaban J connectivity index is 1.67. The van der Waals surface area contributed by atoms with Crippen molar-refractivity contribution in [3.8, 4) is 5.75 Å². The van der Waals surface area contributed by atoms with E-state index in [0.717, 1.165) is 29.2 Å². The Hall–Kier alpha value is -1.32. The van der Waals surface area contributed by atoms with Crippen LogP contribution in [-0.2, 0) is 13.0 Å². The van der Waals surface area contributed by atoms with Crippen LogP contribution in [0.15, 0.2) is 46.9 Å². The third-order valence-electron chi connectivity index (χ3n) is 4.50. The van der Waals surface area contributed by atoms with Crippen molar-refractivity contribution in [3.05, 3.63) is 63.6 Å². The summed E-state index contributed by atoms with van der Waals surface area (Å²) in [5, 5.41) is 3.44. The highest BCUT2D eigenvalue weighted by Crippen LogP contribution is 2.32. The molecule has 2 nitrogen and oxygen atoms in total. The first-order chi connectivity index (χ1) is 11.2. The molecule has 0 amide bonds. The van der Waals surface area contributed by atoms with Crippen LogP contribution < -0.4 is 10.1 Å². The Kier molecular flexibility index (Phi) is 5.74. The van der Waals surface area contributed by atoms with E-state index in [1.54, 1.807) is 0 Å². The molecular formula is C20H24BrNO. The molecular weight excluding hydrogens is 350 g/mol. The summed E-state index contributed by atoms with van der Waals surface area (Å²) in [7, 11) is 0. The lowest BCUT2D eigenvalue weighted by molar-refractivity contribution is 0.302. The predicted molar refractivity (Wildman–Crippen MR) is 99.0 cm³/mol. The molecule has 0 unspecified atom stereocenters. The second kappa shape index (κ2) is 7.98. The average molecular weight is 374 g/mol. The van der Waals surface area contributed by atoms with Gasteiger partial charge in [-0.3, -0.25) is 0 Å². The summed E-state index contributed by atoms with van der Waals surface area (Å²) in [5.74, 6) is 1.77. The molecule has 2 aromatic rings. The van der Waals surface area contributed by atoms with Crippen molar-refractivity contribution in [2.45, 2.75) is 32.8 Å². The summed E-state index contributed by atoms with van der Waals surface area (Å²) < 4.78 is 7.11. The van der Waals surface area contributed by atoms with Gasteiger partial charge < -0.3 is 10.1 Å². The summed E-state index contributed by atoms with van der Waals surface area (Å²) >= 11 is 3.70. The molecule has 0 aromatic heterocycles. The number of aryl methyl sites for hydroxylation is 1. The monoisotopic (exact) mass is 373 g/mol. The Morgan fingerprint density at radius 1 is 1.09 bits per heavy atom. The lowest BCUT2D eigenvalue weighted by Gasteiger charge is -2.23. The highest BCUT2D eigenvalue weighted by Gasteiger charge is 2.15. The van der Waals surface area contributed by atoms with E-state index in [9.17, 15) is 0 Å². The number of benzene rings is 2. The SMILES string of the molecule is Cc1cc(CC2CCNCC2)cc(Br)c1OCc1ccccc1. The van der Waals surface area contributed by atoms with Gasteiger partial charge >= 0.3 is 0 Å². The van der Waals surface area contributed by atoms with Crippen LogP contribution in [0.2, 0.25) is 0 Å². The Morgan fingerprint density at radius 3 is 2.52 bits per heavy atom. The molecule has 1 fully saturated rings. The van der Waals surface area contributed by atoms with Crippen LogP contribution in [-0.4, -0.2) is 13.1 Å². The molecule has 0 atom stereocenters. The fourth-order valence-electron chi connectivity index (χ4n) is 3.25. The molecule has 1 aliphatic heterocycles. The minimum atomic E-state index is 0.605. The van der Waals surface area contributed by atoms with Gasteiger partial charge in [-0.25, -0.2) is 0 Å². The molecule has 0 aliphatic carbocycles. The van der Waals surface area contributed by atoms with Gasteiger partial charge in [-0.05, 0) is 83.9 Å². The third-order valence-corrected chi connectivity index (χ3v) is 5.09. The van der Waals surface area contributed by atoms with Gasteiger partial charge in [0, 0.05) is 0 Å². The first kappa shape index (κ1) is 16.5. The largest absolute Gasteiger partial charge is 0.487 e. The molecule has 122 valence electrons. The maximum absolute atomic E-state index is 6.04. The molecule has 23 heavy (non-hydrogen) atoms. The number of halogens is 1. The molecule has 0 bridgehead atoms. The van der Waals surface area contributed by atoms with Crippen LogP contribution >= 0.6 is 15.9 Å². The molecule has 1 saturated heterocycles. The van der Waals surface area contributed by atoms with Gasteiger partial charge in [0.15, 0.2) is 0 Å². The standard InChI is InChI=1S/C20H24BrNO/c1-15-11-18(12-16-7-9-22-10-8-16)13-19(21)20(15)23-14-17-5-3-2-4-6-17/h2-6,11,13,16,22H,7-10,12,14H2,1H3. The zero-order chi connectivity index (χ0) is 16.1. The summed E-state index contributed by atoms with van der Waals surface area (Å²) in [5.41, 5.74) is 3.81. The Labute approximate surface area is 147 Å². The fraction of sp³-hybridized carbons (Fsp3) is 0.400. The molecule has 3 heteroatoms. The normalized spacial score (nSPS) is 15.6. The van der Waals surface area contributed by atoms with Crippen LogP contribution in [0.1, 0.15) is 29.5 Å². The zero-order valence-corrected chi connectivity index (χ0v) is 15.2. The zero-order valence-electron chi connectivity index (χ0n) is 13.6. The van der Waals surface area contributed by atoms with E-state index in [1.807, 2.05) is 18.2 Å². The number of rotatable bonds is 5. The molecule has 1 aliphatic rings. The van der Waals surface area contributed by atoms with E-state index >= 15 is 0 Å². The van der Waals surface area contributed by atoms with Gasteiger partial charge in [0.25, 0.3) is 0 Å². The number of piperidine rings is 1. The van der Waals surface area contributed by atoms with Crippen molar-refractivity contribution in [1.29, 1.82) is 0 Å². The molecule has 0 spiro atoms. The highest BCUT2D eigenvalue weighted by molar-refractivity contribution is 9.10. The van der Waals surface area contributed by atoms with Crippen LogP contribution in [0.3, 0.4) is 0 Å². The van der Waals surface area contributed by atoms with Crippen molar-refractivity contribution in [1.82, 2.24) is 5.32 Å². The van der Waals surface area contributed by atoms with Gasteiger partial charge in [-0.2, -0.15) is 0 Å². The van der Waals surface area contributed by atoms with E-state index in [2.05, 4.69) is 52.4 Å². The van der Waals surface area contributed by atoms with Crippen LogP contribution in [0.5, 0.6) is 5.75 Å². The number of hydrogen-bond donors (Lipinski definition) is 1. The van der Waals surface area contributed by atoms with Crippen LogP contribution in [0, 0.1) is 12.8 Å². The quantitative estimate of drug-likeness (QED) is 0.806. The van der Waals surface area contributed by atoms with Crippen LogP contribution in [0.4, 0.5) is 0 Å². The van der Waals surface area contributed by atoms with E-state index < -0.39 is 0 Å². The van der Waals surface area contributed by atoms with Crippen molar-refractivity contribution in [3.63, 3.8) is 0 Å². The first-order valence-corrected chi connectivity index (χ1v) is 9.18. The smallest absolute Gasteiger partial charge is 0.136 e. The van der Waals surface area contributed by atoms with Crippen LogP contribution in [0.25, 0.3) is 0 Å². The summed E-state index contributed by atoms with van der Waals surface area (Å²) in [6, 6.07) is 14.8. The fourth-order valence-corrected chi connectivity index (χ4v) is 3.97. The van der Waals surface area contributed by atoms with Crippen molar-refractivity contribution in [2.75, 3.05) is 13.1 Å². The van der Waals surface area contributed by atoms with E-state index in [4.69, 9.17) is 4.74 Å². The lowest BCUT2D eigenvalue weighted by Crippen LogP contribution is -2.28. The molecule has 0 radical (unpaired) electrons. The van der Waals surface area contributed by atoms with Gasteiger partial charge in [-0.1, -0.05) is 36.4 Å². The maximum atomic E-state index is 6.04. The third kappa shape index (κ3) is 4.58. The second-order valence-electron chi connectivity index (χ2n) is 6.40. The Bertz CT molecular complexity index is 612. The van der Waals surface area contributed by atoms with Gasteiger partial charge in [-0.15, -0.1) is 0 Å². The highest BCUT2D eigenvalue weighted by atomic mass is 79.9. The maximum Gasteiger partial charge on any atom is 0.136 e. The minimum Gasteiger partial charge on any atom is -0.487 e. The summed E-state index contributed by atoms with van der Waals surface area (Å²) in [4.78, 5) is 0. The molecule has 3 rings (SSSR count). The lowest BCUT2D eigenvalue weighted by atomic mass is 9.90. The summed E-state index contributed by atoms with van der Waals surface area (Å²) in [6.45, 7) is 5.05. The van der Waals surface area contributed by atoms with Gasteiger partial charge in [0.2, 0.25) is 0 Å². The van der Waals surface area contributed by atoms with Crippen molar-refractivity contribution < 1.29 is 4.74 Å². The van der Waals surface area contributed by atoms with Crippen molar-refractivity contribution in [2.24, 2.45) is 5.92 Å². The van der Waals surface area contributed by atoms with E-state index in [0.29, 0.717) is 6.61 Å². The van der Waals surface area contributed by atoms with Gasteiger partial charge in [0.1, 0.15) is 12.4 Å². The molecule has 1 N–H and O–H groups in total. The molecule has 2 aromatic carbocycles. The van der Waals surface area contributed by atoms with Crippen molar-refractivity contribution >= 4 is 15.9 Å². The summed E-state index contributed by atoms with van der Waals surface area (Å²) in [6.07, 6.45) is 3.73. The molecule has 0 saturated carbocycles. The van der Waals surface area contributed by atoms with E-state index in [1.165, 1.54) is 36.0 Å². The number of ether oxygens (including phenoxy) is 1. The number of hydrogen-bond acceptors (Lipinski definition) is 2. The van der Waals surface area contributed by atoms with Gasteiger partial charge in [0.05, 0.1) is 4.47 Å². The first-order valence-electron chi connectivity index (χ1n) is 8.39. The average Bonchev–Trinajstić information content (AvgIpc) is 2.56.